The summed E-state index contributed by atoms with van der Waals surface area (Å²) < 4.78 is 2.31. The molecule has 0 bridgehead atoms. The zero-order chi connectivity index (χ0) is 27.8. The summed E-state index contributed by atoms with van der Waals surface area (Å²) in [4.78, 5) is 2.56. The Kier molecular flexibility index (Phi) is 7.25. The van der Waals surface area contributed by atoms with E-state index in [-0.39, 0.29) is 10.8 Å². The summed E-state index contributed by atoms with van der Waals surface area (Å²) in [6.07, 6.45) is 16.5. The summed E-state index contributed by atoms with van der Waals surface area (Å²) in [5.41, 5.74) is 8.12. The Bertz CT molecular complexity index is 1540. The number of fused-ring (bicyclic) bond motifs is 4. The third-order valence-corrected chi connectivity index (χ3v) is 8.58. The standard InChI is InChI=1S/C37H43N2/c1-27(2)25-26-39-32-24-23-28-17-13-14-18-29(28)35(32)37(5,6)34(39)22-12-10-8-9-11-21-33-36(3,4)30-19-15-16-20-31(30)38(33)7/h8-24,27H,25-26H2,1-7H3/q+1. The zero-order valence-electron chi connectivity index (χ0n) is 24.7. The minimum atomic E-state index is -0.0641. The maximum Gasteiger partial charge on any atom is 0.209 e. The highest BCUT2D eigenvalue weighted by Crippen LogP contribution is 2.50. The molecule has 0 aliphatic carbocycles. The van der Waals surface area contributed by atoms with Crippen molar-refractivity contribution < 1.29 is 4.58 Å². The van der Waals surface area contributed by atoms with Crippen LogP contribution in [0, 0.1) is 5.92 Å². The normalized spacial score (nSPS) is 19.1. The van der Waals surface area contributed by atoms with Crippen molar-refractivity contribution in [2.45, 2.75) is 58.8 Å². The van der Waals surface area contributed by atoms with E-state index in [0.717, 1.165) is 6.54 Å². The van der Waals surface area contributed by atoms with Gasteiger partial charge in [0.15, 0.2) is 5.71 Å². The summed E-state index contributed by atoms with van der Waals surface area (Å²) in [6.45, 7) is 15.0. The predicted molar refractivity (Wildman–Crippen MR) is 170 cm³/mol. The van der Waals surface area contributed by atoms with Crippen LogP contribution in [0.15, 0.2) is 109 Å². The molecule has 0 saturated carbocycles. The van der Waals surface area contributed by atoms with Crippen molar-refractivity contribution in [3.8, 4) is 0 Å². The Labute approximate surface area is 235 Å². The molecule has 3 aromatic rings. The fraction of sp³-hybridized carbons (Fsp3) is 0.324. The van der Waals surface area contributed by atoms with Crippen LogP contribution in [0.2, 0.25) is 0 Å². The molecule has 3 aromatic carbocycles. The molecule has 2 aliphatic heterocycles. The number of para-hydroxylation sites is 1. The summed E-state index contributed by atoms with van der Waals surface area (Å²) in [5.74, 6) is 0.665. The minimum Gasteiger partial charge on any atom is -0.344 e. The summed E-state index contributed by atoms with van der Waals surface area (Å²) >= 11 is 0. The van der Waals surface area contributed by atoms with Gasteiger partial charge in [0.1, 0.15) is 7.05 Å². The van der Waals surface area contributed by atoms with Crippen LogP contribution >= 0.6 is 0 Å². The van der Waals surface area contributed by atoms with Crippen LogP contribution < -0.4 is 4.90 Å². The van der Waals surface area contributed by atoms with Gasteiger partial charge in [-0.1, -0.05) is 107 Å². The Morgan fingerprint density at radius 1 is 0.795 bits per heavy atom. The van der Waals surface area contributed by atoms with Crippen LogP contribution in [-0.4, -0.2) is 23.9 Å². The van der Waals surface area contributed by atoms with Gasteiger partial charge in [-0.3, -0.25) is 0 Å². The van der Waals surface area contributed by atoms with E-state index in [2.05, 4.69) is 161 Å². The number of anilines is 1. The molecule has 0 amide bonds. The van der Waals surface area contributed by atoms with Crippen molar-refractivity contribution >= 4 is 27.9 Å². The van der Waals surface area contributed by atoms with E-state index in [1.165, 1.54) is 51.1 Å². The first-order valence-electron chi connectivity index (χ1n) is 14.4. The molecule has 5 rings (SSSR count). The Morgan fingerprint density at radius 2 is 1.49 bits per heavy atom. The van der Waals surface area contributed by atoms with E-state index in [4.69, 9.17) is 0 Å². The summed E-state index contributed by atoms with van der Waals surface area (Å²) in [5, 5.41) is 2.68. The van der Waals surface area contributed by atoms with Gasteiger partial charge in [0, 0.05) is 41.1 Å². The average Bonchev–Trinajstić information content (AvgIpc) is 3.25. The molecule has 2 aliphatic rings. The lowest BCUT2D eigenvalue weighted by Gasteiger charge is -2.27. The second kappa shape index (κ2) is 10.5. The molecule has 0 atom stereocenters. The lowest BCUT2D eigenvalue weighted by Crippen LogP contribution is -2.27. The van der Waals surface area contributed by atoms with Gasteiger partial charge < -0.3 is 4.90 Å². The van der Waals surface area contributed by atoms with Gasteiger partial charge in [0.25, 0.3) is 0 Å². The molecule has 2 nitrogen and oxygen atoms in total. The summed E-state index contributed by atoms with van der Waals surface area (Å²) in [7, 11) is 2.17. The average molecular weight is 516 g/mol. The zero-order valence-corrected chi connectivity index (χ0v) is 24.7. The van der Waals surface area contributed by atoms with E-state index in [0.29, 0.717) is 5.92 Å². The fourth-order valence-corrected chi connectivity index (χ4v) is 6.45. The highest BCUT2D eigenvalue weighted by atomic mass is 15.2. The number of hydrogen-bond acceptors (Lipinski definition) is 1. The number of allylic oxidation sites excluding steroid dienone is 8. The first kappa shape index (κ1) is 26.9. The van der Waals surface area contributed by atoms with E-state index in [9.17, 15) is 0 Å². The second-order valence-corrected chi connectivity index (χ2v) is 12.4. The molecule has 0 unspecified atom stereocenters. The van der Waals surface area contributed by atoms with Crippen molar-refractivity contribution in [3.05, 3.63) is 120 Å². The van der Waals surface area contributed by atoms with Crippen molar-refractivity contribution in [3.63, 3.8) is 0 Å². The maximum absolute atomic E-state index is 2.56. The first-order valence-corrected chi connectivity index (χ1v) is 14.4. The highest BCUT2D eigenvalue weighted by Gasteiger charge is 2.42. The largest absolute Gasteiger partial charge is 0.344 e. The predicted octanol–water partition coefficient (Wildman–Crippen LogP) is 9.24. The lowest BCUT2D eigenvalue weighted by atomic mass is 9.81. The molecule has 0 fully saturated rings. The Hall–Kier alpha value is -3.65. The molecule has 0 saturated heterocycles. The topological polar surface area (TPSA) is 6.25 Å². The highest BCUT2D eigenvalue weighted by molar-refractivity contribution is 6.03. The third kappa shape index (κ3) is 4.82. The lowest BCUT2D eigenvalue weighted by molar-refractivity contribution is -0.401. The molecule has 2 heteroatoms. The number of hydrogen-bond donors (Lipinski definition) is 0. The smallest absolute Gasteiger partial charge is 0.209 e. The molecule has 200 valence electrons. The minimum absolute atomic E-state index is 0.00260. The Morgan fingerprint density at radius 3 is 2.26 bits per heavy atom. The van der Waals surface area contributed by atoms with Crippen molar-refractivity contribution in [2.24, 2.45) is 5.92 Å². The van der Waals surface area contributed by atoms with Crippen LogP contribution in [0.25, 0.3) is 10.8 Å². The molecule has 0 aromatic heterocycles. The van der Waals surface area contributed by atoms with Gasteiger partial charge in [-0.25, -0.2) is 0 Å². The van der Waals surface area contributed by atoms with Crippen LogP contribution in [0.4, 0.5) is 11.4 Å². The van der Waals surface area contributed by atoms with Crippen LogP contribution in [-0.2, 0) is 10.8 Å². The van der Waals surface area contributed by atoms with E-state index < -0.39 is 0 Å². The quantitative estimate of drug-likeness (QED) is 0.224. The van der Waals surface area contributed by atoms with E-state index >= 15 is 0 Å². The monoisotopic (exact) mass is 515 g/mol. The van der Waals surface area contributed by atoms with Crippen molar-refractivity contribution in [1.29, 1.82) is 0 Å². The van der Waals surface area contributed by atoms with Crippen LogP contribution in [0.1, 0.15) is 59.1 Å². The third-order valence-electron chi connectivity index (χ3n) is 8.58. The molecule has 39 heavy (non-hydrogen) atoms. The maximum atomic E-state index is 2.56. The van der Waals surface area contributed by atoms with Gasteiger partial charge in [-0.05, 0) is 54.7 Å². The molecule has 0 radical (unpaired) electrons. The number of rotatable bonds is 7. The van der Waals surface area contributed by atoms with Gasteiger partial charge in [0.05, 0.1) is 5.41 Å². The van der Waals surface area contributed by atoms with Gasteiger partial charge in [-0.2, -0.15) is 4.58 Å². The molecular formula is C37H43N2+. The van der Waals surface area contributed by atoms with E-state index in [1.54, 1.807) is 0 Å². The summed E-state index contributed by atoms with van der Waals surface area (Å²) in [6, 6.07) is 22.1. The van der Waals surface area contributed by atoms with Crippen molar-refractivity contribution in [2.75, 3.05) is 18.5 Å². The first-order chi connectivity index (χ1) is 18.6. The van der Waals surface area contributed by atoms with Crippen molar-refractivity contribution in [1.82, 2.24) is 0 Å². The SMILES string of the molecule is CC(C)CCN1/C(=C/C=C/C=C/C=C/C2=[N+](C)c3ccccc3C2(C)C)C(C)(C)c2c1ccc1ccccc21. The molecule has 0 spiro atoms. The second-order valence-electron chi connectivity index (χ2n) is 12.4. The van der Waals surface area contributed by atoms with Crippen LogP contribution in [0.5, 0.6) is 0 Å². The fourth-order valence-electron chi connectivity index (χ4n) is 6.45. The Balaban J connectivity index is 1.38. The van der Waals surface area contributed by atoms with Gasteiger partial charge >= 0.3 is 0 Å². The molecular weight excluding hydrogens is 472 g/mol. The van der Waals surface area contributed by atoms with E-state index in [1.807, 2.05) is 0 Å². The van der Waals surface area contributed by atoms with Gasteiger partial charge in [-0.15, -0.1) is 0 Å². The molecule has 0 N–H and O–H groups in total. The number of nitrogens with zero attached hydrogens (tertiary/aromatic N) is 2. The molecule has 2 heterocycles. The number of benzene rings is 3. The van der Waals surface area contributed by atoms with Gasteiger partial charge in [0.2, 0.25) is 5.69 Å². The van der Waals surface area contributed by atoms with Crippen LogP contribution in [0.3, 0.4) is 0 Å².